The Labute approximate surface area is 129 Å². The molecule has 1 heterocycles. The highest BCUT2D eigenvalue weighted by Crippen LogP contribution is 2.22. The molecular weight excluding hydrogens is 278 g/mol. The van der Waals surface area contributed by atoms with Crippen LogP contribution >= 0.6 is 0 Å². The van der Waals surface area contributed by atoms with Crippen LogP contribution in [0.1, 0.15) is 5.89 Å². The standard InChI is InChI=1S/C17H17N3O2/c1-20(14-6-4-3-5-7-14)12-16-18-19-17(22-16)13-8-10-15(21-2)11-9-13/h3-11H,12H2,1-2H3. The second kappa shape index (κ2) is 6.30. The summed E-state index contributed by atoms with van der Waals surface area (Å²) in [4.78, 5) is 2.06. The van der Waals surface area contributed by atoms with E-state index >= 15 is 0 Å². The molecule has 0 atom stereocenters. The van der Waals surface area contributed by atoms with Crippen LogP contribution in [0.4, 0.5) is 5.69 Å². The van der Waals surface area contributed by atoms with Gasteiger partial charge in [-0.3, -0.25) is 0 Å². The lowest BCUT2D eigenvalue weighted by atomic mass is 10.2. The van der Waals surface area contributed by atoms with Gasteiger partial charge in [-0.1, -0.05) is 18.2 Å². The Morgan fingerprint density at radius 3 is 2.41 bits per heavy atom. The quantitative estimate of drug-likeness (QED) is 0.722. The molecule has 0 aliphatic rings. The number of hydrogen-bond donors (Lipinski definition) is 0. The normalized spacial score (nSPS) is 10.5. The van der Waals surface area contributed by atoms with E-state index in [-0.39, 0.29) is 0 Å². The van der Waals surface area contributed by atoms with Gasteiger partial charge in [0.2, 0.25) is 11.8 Å². The Morgan fingerprint density at radius 2 is 1.73 bits per heavy atom. The molecule has 5 heteroatoms. The second-order valence-electron chi connectivity index (χ2n) is 4.92. The SMILES string of the molecule is COc1ccc(-c2nnc(CN(C)c3ccccc3)o2)cc1. The summed E-state index contributed by atoms with van der Waals surface area (Å²) >= 11 is 0. The van der Waals surface area contributed by atoms with Crippen LogP contribution in [0.25, 0.3) is 11.5 Å². The molecule has 0 bridgehead atoms. The van der Waals surface area contributed by atoms with Crippen molar-refractivity contribution in [1.82, 2.24) is 10.2 Å². The maximum Gasteiger partial charge on any atom is 0.247 e. The van der Waals surface area contributed by atoms with Crippen molar-refractivity contribution in [3.63, 3.8) is 0 Å². The van der Waals surface area contributed by atoms with E-state index in [1.807, 2.05) is 61.6 Å². The Kier molecular flexibility index (Phi) is 4.05. The third kappa shape index (κ3) is 3.09. The maximum atomic E-state index is 5.73. The first-order valence-electron chi connectivity index (χ1n) is 6.99. The molecule has 22 heavy (non-hydrogen) atoms. The van der Waals surface area contributed by atoms with Crippen molar-refractivity contribution in [1.29, 1.82) is 0 Å². The highest BCUT2D eigenvalue weighted by atomic mass is 16.5. The van der Waals surface area contributed by atoms with E-state index < -0.39 is 0 Å². The Hall–Kier alpha value is -2.82. The zero-order chi connectivity index (χ0) is 15.4. The van der Waals surface area contributed by atoms with Crippen LogP contribution in [0, 0.1) is 0 Å². The third-order valence-corrected chi connectivity index (χ3v) is 3.37. The van der Waals surface area contributed by atoms with Gasteiger partial charge in [0, 0.05) is 18.3 Å². The van der Waals surface area contributed by atoms with Gasteiger partial charge in [-0.15, -0.1) is 10.2 Å². The van der Waals surface area contributed by atoms with Gasteiger partial charge in [-0.2, -0.15) is 0 Å². The summed E-state index contributed by atoms with van der Waals surface area (Å²) in [5, 5.41) is 8.22. The van der Waals surface area contributed by atoms with Crippen molar-refractivity contribution >= 4 is 5.69 Å². The lowest BCUT2D eigenvalue weighted by Crippen LogP contribution is -2.16. The summed E-state index contributed by atoms with van der Waals surface area (Å²) in [7, 11) is 3.63. The van der Waals surface area contributed by atoms with Gasteiger partial charge < -0.3 is 14.1 Å². The number of aromatic nitrogens is 2. The second-order valence-corrected chi connectivity index (χ2v) is 4.92. The molecule has 0 fully saturated rings. The molecule has 0 saturated heterocycles. The van der Waals surface area contributed by atoms with Crippen molar-refractivity contribution < 1.29 is 9.15 Å². The Balaban J connectivity index is 1.73. The number of para-hydroxylation sites is 1. The minimum Gasteiger partial charge on any atom is -0.497 e. The fraction of sp³-hybridized carbons (Fsp3) is 0.176. The van der Waals surface area contributed by atoms with Crippen LogP contribution in [0.5, 0.6) is 5.75 Å². The van der Waals surface area contributed by atoms with Crippen LogP contribution in [0.15, 0.2) is 59.0 Å². The number of rotatable bonds is 5. The topological polar surface area (TPSA) is 51.4 Å². The Morgan fingerprint density at radius 1 is 1.00 bits per heavy atom. The monoisotopic (exact) mass is 295 g/mol. The smallest absolute Gasteiger partial charge is 0.247 e. The van der Waals surface area contributed by atoms with Crippen molar-refractivity contribution in [3.8, 4) is 17.2 Å². The minimum atomic E-state index is 0.513. The highest BCUT2D eigenvalue weighted by molar-refractivity contribution is 5.54. The van der Waals surface area contributed by atoms with Gasteiger partial charge in [0.1, 0.15) is 5.75 Å². The summed E-state index contributed by atoms with van der Waals surface area (Å²) in [5.41, 5.74) is 1.98. The van der Waals surface area contributed by atoms with E-state index in [1.54, 1.807) is 7.11 Å². The number of hydrogen-bond acceptors (Lipinski definition) is 5. The molecule has 3 rings (SSSR count). The van der Waals surface area contributed by atoms with Gasteiger partial charge in [-0.05, 0) is 36.4 Å². The molecule has 112 valence electrons. The molecule has 2 aromatic carbocycles. The van der Waals surface area contributed by atoms with Crippen molar-refractivity contribution in [2.24, 2.45) is 0 Å². The lowest BCUT2D eigenvalue weighted by Gasteiger charge is -2.16. The van der Waals surface area contributed by atoms with E-state index in [9.17, 15) is 0 Å². The average molecular weight is 295 g/mol. The zero-order valence-corrected chi connectivity index (χ0v) is 12.6. The average Bonchev–Trinajstić information content (AvgIpc) is 3.04. The molecule has 0 radical (unpaired) electrons. The third-order valence-electron chi connectivity index (χ3n) is 3.37. The lowest BCUT2D eigenvalue weighted by molar-refractivity contribution is 0.415. The molecule has 1 aromatic heterocycles. The first-order valence-corrected chi connectivity index (χ1v) is 6.99. The molecule has 0 aliphatic heterocycles. The van der Waals surface area contributed by atoms with Crippen molar-refractivity contribution in [2.75, 3.05) is 19.1 Å². The molecule has 0 amide bonds. The fourth-order valence-corrected chi connectivity index (χ4v) is 2.14. The molecule has 0 spiro atoms. The van der Waals surface area contributed by atoms with E-state index in [0.29, 0.717) is 18.3 Å². The molecule has 0 N–H and O–H groups in total. The van der Waals surface area contributed by atoms with Crippen molar-refractivity contribution in [2.45, 2.75) is 6.54 Å². The molecule has 0 unspecified atom stereocenters. The van der Waals surface area contributed by atoms with Crippen LogP contribution in [-0.2, 0) is 6.54 Å². The minimum absolute atomic E-state index is 0.513. The van der Waals surface area contributed by atoms with E-state index in [2.05, 4.69) is 15.1 Å². The van der Waals surface area contributed by atoms with Crippen LogP contribution in [-0.4, -0.2) is 24.4 Å². The van der Waals surface area contributed by atoms with Gasteiger partial charge in [0.15, 0.2) is 0 Å². The van der Waals surface area contributed by atoms with E-state index in [1.165, 1.54) is 0 Å². The molecule has 0 aliphatic carbocycles. The molecule has 0 saturated carbocycles. The van der Waals surface area contributed by atoms with Crippen molar-refractivity contribution in [3.05, 3.63) is 60.5 Å². The number of methoxy groups -OCH3 is 1. The first-order chi connectivity index (χ1) is 10.8. The van der Waals surface area contributed by atoms with Gasteiger partial charge in [0.25, 0.3) is 0 Å². The molecule has 3 aromatic rings. The summed E-state index contributed by atoms with van der Waals surface area (Å²) < 4.78 is 10.9. The maximum absolute atomic E-state index is 5.73. The number of anilines is 1. The highest BCUT2D eigenvalue weighted by Gasteiger charge is 2.11. The molecule has 5 nitrogen and oxygen atoms in total. The number of nitrogens with zero attached hydrogens (tertiary/aromatic N) is 3. The van der Waals surface area contributed by atoms with Gasteiger partial charge >= 0.3 is 0 Å². The predicted octanol–water partition coefficient (Wildman–Crippen LogP) is 3.38. The van der Waals surface area contributed by atoms with Crippen LogP contribution < -0.4 is 9.64 Å². The van der Waals surface area contributed by atoms with Crippen LogP contribution in [0.2, 0.25) is 0 Å². The summed E-state index contributed by atoms with van der Waals surface area (Å²) in [5.74, 6) is 1.89. The van der Waals surface area contributed by atoms with Crippen LogP contribution in [0.3, 0.4) is 0 Å². The Bertz CT molecular complexity index is 723. The number of benzene rings is 2. The largest absolute Gasteiger partial charge is 0.497 e. The fourth-order valence-electron chi connectivity index (χ4n) is 2.14. The number of ether oxygens (including phenoxy) is 1. The summed E-state index contributed by atoms with van der Waals surface area (Å²) in [6, 6.07) is 17.6. The summed E-state index contributed by atoms with van der Waals surface area (Å²) in [6.07, 6.45) is 0. The van der Waals surface area contributed by atoms with Gasteiger partial charge in [-0.25, -0.2) is 0 Å². The first kappa shape index (κ1) is 14.1. The van der Waals surface area contributed by atoms with E-state index in [0.717, 1.165) is 17.0 Å². The van der Waals surface area contributed by atoms with Gasteiger partial charge in [0.05, 0.1) is 13.7 Å². The zero-order valence-electron chi connectivity index (χ0n) is 12.6. The predicted molar refractivity (Wildman–Crippen MR) is 84.8 cm³/mol. The summed E-state index contributed by atoms with van der Waals surface area (Å²) in [6.45, 7) is 0.563. The molecular formula is C17H17N3O2. The van der Waals surface area contributed by atoms with E-state index in [4.69, 9.17) is 9.15 Å².